The summed E-state index contributed by atoms with van der Waals surface area (Å²) in [6, 6.07) is 5.90. The zero-order valence-corrected chi connectivity index (χ0v) is 13.8. The highest BCUT2D eigenvalue weighted by atomic mass is 35.5. The van der Waals surface area contributed by atoms with Crippen molar-refractivity contribution in [3.05, 3.63) is 24.4 Å². The molecule has 1 aromatic rings. The second-order valence-electron chi connectivity index (χ2n) is 5.52. The van der Waals surface area contributed by atoms with E-state index in [1.807, 2.05) is 30.0 Å². The van der Waals surface area contributed by atoms with Gasteiger partial charge in [0.05, 0.1) is 0 Å². The molecule has 1 aliphatic rings. The van der Waals surface area contributed by atoms with E-state index in [0.717, 1.165) is 25.5 Å². The second-order valence-corrected chi connectivity index (χ2v) is 5.52. The highest BCUT2D eigenvalue weighted by Crippen LogP contribution is 2.17. The molecular weight excluding hydrogens is 286 g/mol. The van der Waals surface area contributed by atoms with Crippen LogP contribution in [0.5, 0.6) is 0 Å². The van der Waals surface area contributed by atoms with E-state index in [0.29, 0.717) is 6.42 Å². The standard InChI is InChI=1S/C16H25N3O.ClH/c1-3-16(20)19(15-9-5-6-10-17-15)14(2)13-18-11-7-4-8-12-18;/h5-6,9-10,14H,3-4,7-8,11-13H2,1-2H3;1H. The normalized spacial score (nSPS) is 16.9. The van der Waals surface area contributed by atoms with Crippen LogP contribution >= 0.6 is 12.4 Å². The molecule has 1 aromatic heterocycles. The average Bonchev–Trinajstić information content (AvgIpc) is 2.49. The fourth-order valence-electron chi connectivity index (χ4n) is 2.86. The minimum atomic E-state index is 0. The fraction of sp³-hybridized carbons (Fsp3) is 0.625. The van der Waals surface area contributed by atoms with Crippen LogP contribution in [0, 0.1) is 0 Å². The maximum Gasteiger partial charge on any atom is 0.228 e. The Bertz CT molecular complexity index is 421. The molecule has 2 rings (SSSR count). The molecule has 1 unspecified atom stereocenters. The van der Waals surface area contributed by atoms with Crippen molar-refractivity contribution in [3.8, 4) is 0 Å². The Kier molecular flexibility index (Phi) is 7.68. The summed E-state index contributed by atoms with van der Waals surface area (Å²) in [5, 5.41) is 0. The molecule has 21 heavy (non-hydrogen) atoms. The summed E-state index contributed by atoms with van der Waals surface area (Å²) >= 11 is 0. The van der Waals surface area contributed by atoms with Crippen LogP contribution in [-0.4, -0.2) is 41.5 Å². The fourth-order valence-corrected chi connectivity index (χ4v) is 2.86. The van der Waals surface area contributed by atoms with E-state index in [2.05, 4.69) is 16.8 Å². The molecule has 1 fully saturated rings. The van der Waals surface area contributed by atoms with Gasteiger partial charge in [-0.2, -0.15) is 0 Å². The predicted molar refractivity (Wildman–Crippen MR) is 89.0 cm³/mol. The van der Waals surface area contributed by atoms with Gasteiger partial charge in [-0.25, -0.2) is 4.98 Å². The zero-order valence-electron chi connectivity index (χ0n) is 13.0. The van der Waals surface area contributed by atoms with Gasteiger partial charge >= 0.3 is 0 Å². The first kappa shape index (κ1) is 17.9. The third-order valence-electron chi connectivity index (χ3n) is 3.88. The second kappa shape index (κ2) is 9.00. The molecule has 0 bridgehead atoms. The zero-order chi connectivity index (χ0) is 14.4. The highest BCUT2D eigenvalue weighted by molar-refractivity contribution is 5.92. The van der Waals surface area contributed by atoms with E-state index < -0.39 is 0 Å². The van der Waals surface area contributed by atoms with E-state index in [-0.39, 0.29) is 24.4 Å². The quantitative estimate of drug-likeness (QED) is 0.838. The molecule has 1 aliphatic heterocycles. The number of hydrogen-bond donors (Lipinski definition) is 0. The summed E-state index contributed by atoms with van der Waals surface area (Å²) in [6.07, 6.45) is 6.15. The van der Waals surface area contributed by atoms with Gasteiger partial charge < -0.3 is 4.90 Å². The number of carbonyl (C=O) groups is 1. The summed E-state index contributed by atoms with van der Waals surface area (Å²) in [5.41, 5.74) is 0. The van der Waals surface area contributed by atoms with Crippen LogP contribution in [0.2, 0.25) is 0 Å². The summed E-state index contributed by atoms with van der Waals surface area (Å²) in [5.74, 6) is 0.914. The molecule has 2 heterocycles. The predicted octanol–water partition coefficient (Wildman–Crippen LogP) is 3.12. The monoisotopic (exact) mass is 311 g/mol. The SMILES string of the molecule is CCC(=O)N(c1ccccn1)C(C)CN1CCCCC1.Cl. The highest BCUT2D eigenvalue weighted by Gasteiger charge is 2.24. The Morgan fingerprint density at radius 3 is 2.62 bits per heavy atom. The van der Waals surface area contributed by atoms with Gasteiger partial charge in [0, 0.05) is 25.2 Å². The molecule has 0 saturated carbocycles. The van der Waals surface area contributed by atoms with Gasteiger partial charge in [-0.15, -0.1) is 12.4 Å². The van der Waals surface area contributed by atoms with Crippen LogP contribution in [0.4, 0.5) is 5.82 Å². The van der Waals surface area contributed by atoms with Gasteiger partial charge in [0.1, 0.15) is 5.82 Å². The molecule has 0 N–H and O–H groups in total. The van der Waals surface area contributed by atoms with E-state index in [9.17, 15) is 4.79 Å². The number of pyridine rings is 1. The van der Waals surface area contributed by atoms with Crippen LogP contribution in [-0.2, 0) is 4.79 Å². The molecule has 0 spiro atoms. The average molecular weight is 312 g/mol. The van der Waals surface area contributed by atoms with E-state index in [1.54, 1.807) is 6.20 Å². The maximum atomic E-state index is 12.3. The van der Waals surface area contributed by atoms with Crippen LogP contribution in [0.15, 0.2) is 24.4 Å². The largest absolute Gasteiger partial charge is 0.301 e. The first-order chi connectivity index (χ1) is 9.72. The van der Waals surface area contributed by atoms with E-state index in [1.165, 1.54) is 19.3 Å². The maximum absolute atomic E-state index is 12.3. The number of aromatic nitrogens is 1. The number of carbonyl (C=O) groups excluding carboxylic acids is 1. The van der Waals surface area contributed by atoms with Crippen molar-refractivity contribution < 1.29 is 4.79 Å². The van der Waals surface area contributed by atoms with Crippen molar-refractivity contribution in [1.29, 1.82) is 0 Å². The molecule has 5 heteroatoms. The Morgan fingerprint density at radius 2 is 2.05 bits per heavy atom. The number of amides is 1. The number of halogens is 1. The summed E-state index contributed by atoms with van der Waals surface area (Å²) < 4.78 is 0. The van der Waals surface area contributed by atoms with Gasteiger partial charge in [-0.3, -0.25) is 9.69 Å². The number of hydrogen-bond acceptors (Lipinski definition) is 3. The molecule has 0 radical (unpaired) electrons. The topological polar surface area (TPSA) is 36.4 Å². The van der Waals surface area contributed by atoms with E-state index >= 15 is 0 Å². The summed E-state index contributed by atoms with van der Waals surface area (Å²) in [6.45, 7) is 7.27. The Labute approximate surface area is 133 Å². The Balaban J connectivity index is 0.00000220. The van der Waals surface area contributed by atoms with Crippen molar-refractivity contribution in [2.24, 2.45) is 0 Å². The van der Waals surface area contributed by atoms with Crippen LogP contribution in [0.3, 0.4) is 0 Å². The Hall–Kier alpha value is -1.13. The molecule has 4 nitrogen and oxygen atoms in total. The first-order valence-electron chi connectivity index (χ1n) is 7.67. The van der Waals surface area contributed by atoms with Gasteiger partial charge in [0.25, 0.3) is 0 Å². The molecule has 1 atom stereocenters. The van der Waals surface area contributed by atoms with Crippen molar-refractivity contribution in [2.45, 2.75) is 45.6 Å². The third-order valence-corrected chi connectivity index (χ3v) is 3.88. The van der Waals surface area contributed by atoms with Crippen LogP contribution in [0.1, 0.15) is 39.5 Å². The molecule has 118 valence electrons. The first-order valence-corrected chi connectivity index (χ1v) is 7.67. The molecule has 0 aliphatic carbocycles. The molecular formula is C16H26ClN3O. The lowest BCUT2D eigenvalue weighted by molar-refractivity contribution is -0.118. The number of piperidine rings is 1. The van der Waals surface area contributed by atoms with Gasteiger partial charge in [0.15, 0.2) is 0 Å². The number of nitrogens with zero attached hydrogens (tertiary/aromatic N) is 3. The number of likely N-dealkylation sites (tertiary alicyclic amines) is 1. The Morgan fingerprint density at radius 1 is 1.33 bits per heavy atom. The van der Waals surface area contributed by atoms with Crippen LogP contribution in [0.25, 0.3) is 0 Å². The lowest BCUT2D eigenvalue weighted by Gasteiger charge is -2.34. The van der Waals surface area contributed by atoms with Crippen molar-refractivity contribution in [3.63, 3.8) is 0 Å². The third kappa shape index (κ3) is 4.97. The van der Waals surface area contributed by atoms with Crippen molar-refractivity contribution in [2.75, 3.05) is 24.5 Å². The van der Waals surface area contributed by atoms with Gasteiger partial charge in [-0.1, -0.05) is 19.4 Å². The van der Waals surface area contributed by atoms with Crippen LogP contribution < -0.4 is 4.90 Å². The summed E-state index contributed by atoms with van der Waals surface area (Å²) in [4.78, 5) is 20.9. The summed E-state index contributed by atoms with van der Waals surface area (Å²) in [7, 11) is 0. The van der Waals surface area contributed by atoms with Crippen molar-refractivity contribution in [1.82, 2.24) is 9.88 Å². The van der Waals surface area contributed by atoms with E-state index in [4.69, 9.17) is 0 Å². The number of rotatable bonds is 5. The van der Waals surface area contributed by atoms with Crippen molar-refractivity contribution >= 4 is 24.1 Å². The van der Waals surface area contributed by atoms with Gasteiger partial charge in [-0.05, 0) is 45.0 Å². The smallest absolute Gasteiger partial charge is 0.228 e. The van der Waals surface area contributed by atoms with Gasteiger partial charge in [0.2, 0.25) is 5.91 Å². The minimum absolute atomic E-state index is 0. The minimum Gasteiger partial charge on any atom is -0.301 e. The number of anilines is 1. The lowest BCUT2D eigenvalue weighted by Crippen LogP contribution is -2.47. The molecule has 0 aromatic carbocycles. The lowest BCUT2D eigenvalue weighted by atomic mass is 10.1. The molecule has 1 saturated heterocycles. The molecule has 1 amide bonds.